The Morgan fingerprint density at radius 2 is 2.11 bits per heavy atom. The number of rotatable bonds is 3. The molecule has 4 nitrogen and oxygen atoms in total. The summed E-state index contributed by atoms with van der Waals surface area (Å²) in [6.07, 6.45) is -5.61. The van der Waals surface area contributed by atoms with E-state index in [0.717, 1.165) is 10.9 Å². The molecule has 0 aliphatic carbocycles. The van der Waals surface area contributed by atoms with Gasteiger partial charge in [-0.1, -0.05) is 0 Å². The number of alkyl halides is 3. The van der Waals surface area contributed by atoms with E-state index in [1.807, 2.05) is 5.32 Å². The summed E-state index contributed by atoms with van der Waals surface area (Å²) < 4.78 is 36.2. The fraction of sp³-hybridized carbons (Fsp3) is 0.250. The highest BCUT2D eigenvalue weighted by Gasteiger charge is 2.38. The number of aliphatic hydroxyl groups excluding tert-OH is 1. The average Bonchev–Trinajstić information content (AvgIpc) is 2.81. The van der Waals surface area contributed by atoms with Gasteiger partial charge in [-0.2, -0.15) is 13.2 Å². The number of H-pyrrole nitrogens is 1. The summed E-state index contributed by atoms with van der Waals surface area (Å²) in [5.74, 6) is -0.661. The fourth-order valence-corrected chi connectivity index (χ4v) is 1.60. The lowest BCUT2D eigenvalue weighted by Gasteiger charge is -2.14. The molecule has 0 aliphatic rings. The number of amides is 1. The van der Waals surface area contributed by atoms with E-state index < -0.39 is 24.7 Å². The highest BCUT2D eigenvalue weighted by atomic mass is 19.4. The van der Waals surface area contributed by atoms with Crippen molar-refractivity contribution < 1.29 is 23.1 Å². The van der Waals surface area contributed by atoms with Crippen LogP contribution in [0.3, 0.4) is 0 Å². The first-order valence-electron chi connectivity index (χ1n) is 5.48. The Morgan fingerprint density at radius 1 is 1.37 bits per heavy atom. The first-order valence-corrected chi connectivity index (χ1v) is 5.48. The molecule has 3 N–H and O–H groups in total. The Hall–Kier alpha value is -2.02. The molecule has 2 aromatic rings. The van der Waals surface area contributed by atoms with Gasteiger partial charge in [0.2, 0.25) is 0 Å². The average molecular weight is 272 g/mol. The largest absolute Gasteiger partial charge is 0.416 e. The highest BCUT2D eigenvalue weighted by molar-refractivity contribution is 5.98. The van der Waals surface area contributed by atoms with Gasteiger partial charge in [0.15, 0.2) is 6.10 Å². The summed E-state index contributed by atoms with van der Waals surface area (Å²) in [4.78, 5) is 14.6. The molecule has 1 atom stereocenters. The van der Waals surface area contributed by atoms with Crippen LogP contribution in [0.2, 0.25) is 0 Å². The number of fused-ring (bicyclic) bond motifs is 1. The first kappa shape index (κ1) is 13.4. The van der Waals surface area contributed by atoms with Gasteiger partial charge in [-0.15, -0.1) is 0 Å². The molecule has 0 saturated carbocycles. The predicted octanol–water partition coefficient (Wildman–Crippen LogP) is 1.82. The Bertz CT molecular complexity index is 592. The SMILES string of the molecule is O=C(NCC(O)C(F)(F)F)c1ccc2[nH]ccc2c1. The van der Waals surface area contributed by atoms with E-state index in [-0.39, 0.29) is 5.56 Å². The minimum absolute atomic E-state index is 0.237. The van der Waals surface area contributed by atoms with Gasteiger partial charge in [-0.05, 0) is 24.3 Å². The molecule has 1 unspecified atom stereocenters. The van der Waals surface area contributed by atoms with Gasteiger partial charge in [0, 0.05) is 22.7 Å². The topological polar surface area (TPSA) is 65.1 Å². The monoisotopic (exact) mass is 272 g/mol. The van der Waals surface area contributed by atoms with Crippen molar-refractivity contribution >= 4 is 16.8 Å². The predicted molar refractivity (Wildman–Crippen MR) is 62.7 cm³/mol. The molecule has 7 heteroatoms. The molecule has 102 valence electrons. The number of aromatic amines is 1. The number of hydrogen-bond donors (Lipinski definition) is 3. The minimum Gasteiger partial charge on any atom is -0.382 e. The number of aliphatic hydroxyl groups is 1. The van der Waals surface area contributed by atoms with Crippen molar-refractivity contribution in [1.29, 1.82) is 0 Å². The van der Waals surface area contributed by atoms with Crippen LogP contribution in [0, 0.1) is 0 Å². The Kier molecular flexibility index (Phi) is 3.48. The van der Waals surface area contributed by atoms with Crippen molar-refractivity contribution in [2.45, 2.75) is 12.3 Å². The van der Waals surface area contributed by atoms with Crippen LogP contribution in [0.1, 0.15) is 10.4 Å². The quantitative estimate of drug-likeness (QED) is 0.798. The second kappa shape index (κ2) is 4.93. The van der Waals surface area contributed by atoms with Crippen LogP contribution >= 0.6 is 0 Å². The Balaban J connectivity index is 2.03. The maximum absolute atomic E-state index is 12.1. The molecular formula is C12H11F3N2O2. The van der Waals surface area contributed by atoms with Crippen molar-refractivity contribution in [3.63, 3.8) is 0 Å². The van der Waals surface area contributed by atoms with Gasteiger partial charge < -0.3 is 15.4 Å². The van der Waals surface area contributed by atoms with E-state index in [1.165, 1.54) is 6.07 Å². The standard InChI is InChI=1S/C12H11F3N2O2/c13-12(14,15)10(18)6-17-11(19)8-1-2-9-7(5-8)3-4-16-9/h1-5,10,16,18H,6H2,(H,17,19). The van der Waals surface area contributed by atoms with E-state index in [0.29, 0.717) is 0 Å². The van der Waals surface area contributed by atoms with E-state index >= 15 is 0 Å². The Labute approximate surface area is 106 Å². The zero-order valence-electron chi connectivity index (χ0n) is 9.66. The van der Waals surface area contributed by atoms with E-state index in [9.17, 15) is 18.0 Å². The second-order valence-corrected chi connectivity index (χ2v) is 4.05. The molecule has 0 spiro atoms. The van der Waals surface area contributed by atoms with Crippen LogP contribution in [-0.4, -0.2) is 34.8 Å². The molecule has 0 aliphatic heterocycles. The number of aromatic nitrogens is 1. The lowest BCUT2D eigenvalue weighted by molar-refractivity contribution is -0.201. The highest BCUT2D eigenvalue weighted by Crippen LogP contribution is 2.19. The number of benzene rings is 1. The summed E-state index contributed by atoms with van der Waals surface area (Å²) in [6.45, 7) is -0.868. The van der Waals surface area contributed by atoms with Gasteiger partial charge in [0.25, 0.3) is 5.91 Å². The zero-order valence-corrected chi connectivity index (χ0v) is 9.66. The van der Waals surface area contributed by atoms with E-state index in [4.69, 9.17) is 5.11 Å². The molecular weight excluding hydrogens is 261 g/mol. The van der Waals surface area contributed by atoms with Crippen molar-refractivity contribution in [1.82, 2.24) is 10.3 Å². The molecule has 1 aromatic heterocycles. The van der Waals surface area contributed by atoms with Crippen molar-refractivity contribution in [2.24, 2.45) is 0 Å². The third-order valence-electron chi connectivity index (χ3n) is 2.65. The molecule has 0 fully saturated rings. The van der Waals surface area contributed by atoms with Gasteiger partial charge in [-0.25, -0.2) is 0 Å². The molecule has 2 rings (SSSR count). The van der Waals surface area contributed by atoms with E-state index in [2.05, 4.69) is 4.98 Å². The van der Waals surface area contributed by atoms with Crippen molar-refractivity contribution in [3.8, 4) is 0 Å². The summed E-state index contributed by atoms with van der Waals surface area (Å²) >= 11 is 0. The number of carbonyl (C=O) groups excluding carboxylic acids is 1. The smallest absolute Gasteiger partial charge is 0.382 e. The molecule has 1 aromatic carbocycles. The molecule has 0 saturated heterocycles. The van der Waals surface area contributed by atoms with Crippen molar-refractivity contribution in [3.05, 3.63) is 36.0 Å². The third kappa shape index (κ3) is 3.05. The fourth-order valence-electron chi connectivity index (χ4n) is 1.60. The molecule has 1 heterocycles. The van der Waals surface area contributed by atoms with Gasteiger partial charge in [0.1, 0.15) is 0 Å². The summed E-state index contributed by atoms with van der Waals surface area (Å²) in [5.41, 5.74) is 1.06. The van der Waals surface area contributed by atoms with Crippen LogP contribution in [0.15, 0.2) is 30.5 Å². The van der Waals surface area contributed by atoms with E-state index in [1.54, 1.807) is 24.4 Å². The zero-order chi connectivity index (χ0) is 14.0. The van der Waals surface area contributed by atoms with Crippen LogP contribution in [0.25, 0.3) is 10.9 Å². The maximum Gasteiger partial charge on any atom is 0.416 e. The number of halogens is 3. The second-order valence-electron chi connectivity index (χ2n) is 4.05. The number of hydrogen-bond acceptors (Lipinski definition) is 2. The van der Waals surface area contributed by atoms with Crippen LogP contribution < -0.4 is 5.32 Å². The maximum atomic E-state index is 12.1. The van der Waals surface area contributed by atoms with Gasteiger partial charge in [0.05, 0.1) is 6.54 Å². The summed E-state index contributed by atoms with van der Waals surface area (Å²) in [7, 11) is 0. The van der Waals surface area contributed by atoms with Crippen molar-refractivity contribution in [2.75, 3.05) is 6.54 Å². The molecule has 19 heavy (non-hydrogen) atoms. The molecule has 1 amide bonds. The summed E-state index contributed by atoms with van der Waals surface area (Å²) in [6, 6.07) is 6.45. The van der Waals surface area contributed by atoms with Gasteiger partial charge in [-0.3, -0.25) is 4.79 Å². The normalized spacial score (nSPS) is 13.5. The van der Waals surface area contributed by atoms with Crippen LogP contribution in [-0.2, 0) is 0 Å². The Morgan fingerprint density at radius 3 is 2.79 bits per heavy atom. The lowest BCUT2D eigenvalue weighted by atomic mass is 10.1. The number of carbonyl (C=O) groups is 1. The number of nitrogens with one attached hydrogen (secondary N) is 2. The molecule has 0 radical (unpaired) electrons. The minimum atomic E-state index is -4.74. The van der Waals surface area contributed by atoms with Gasteiger partial charge >= 0.3 is 6.18 Å². The lowest BCUT2D eigenvalue weighted by Crippen LogP contribution is -2.40. The van der Waals surface area contributed by atoms with Crippen LogP contribution in [0.4, 0.5) is 13.2 Å². The summed E-state index contributed by atoms with van der Waals surface area (Å²) in [5, 5.41) is 11.6. The van der Waals surface area contributed by atoms with Crippen LogP contribution in [0.5, 0.6) is 0 Å². The molecule has 0 bridgehead atoms. The third-order valence-corrected chi connectivity index (χ3v) is 2.65. The first-order chi connectivity index (χ1) is 8.88.